The van der Waals surface area contributed by atoms with Gasteiger partial charge in [0.1, 0.15) is 0 Å². The van der Waals surface area contributed by atoms with Gasteiger partial charge in [0.15, 0.2) is 23.5 Å². The Labute approximate surface area is 183 Å². The molecule has 3 aromatic rings. The normalized spacial score (nSPS) is 11.8. The van der Waals surface area contributed by atoms with E-state index in [-0.39, 0.29) is 11.1 Å². The number of aryl methyl sites for hydroxylation is 2. The second-order valence-corrected chi connectivity index (χ2v) is 7.43. The lowest BCUT2D eigenvalue weighted by molar-refractivity contribution is -0.145. The number of benzene rings is 2. The highest BCUT2D eigenvalue weighted by Crippen LogP contribution is 2.26. The maximum absolute atomic E-state index is 13.8. The lowest BCUT2D eigenvalue weighted by Gasteiger charge is -2.27. The fraction of sp³-hybridized carbons (Fsp3) is 0.261. The zero-order valence-electron chi connectivity index (χ0n) is 18.0. The highest BCUT2D eigenvalue weighted by molar-refractivity contribution is 5.97. The van der Waals surface area contributed by atoms with E-state index in [1.54, 1.807) is 22.9 Å². The fourth-order valence-electron chi connectivity index (χ4n) is 3.49. The summed E-state index contributed by atoms with van der Waals surface area (Å²) in [6.45, 7) is 4.23. The zero-order valence-corrected chi connectivity index (χ0v) is 18.0. The van der Waals surface area contributed by atoms with Gasteiger partial charge in [0, 0.05) is 18.3 Å². The van der Waals surface area contributed by atoms with Gasteiger partial charge < -0.3 is 9.64 Å². The Kier molecular flexibility index (Phi) is 6.67. The van der Waals surface area contributed by atoms with Crippen molar-refractivity contribution in [1.29, 1.82) is 0 Å². The van der Waals surface area contributed by atoms with E-state index in [2.05, 4.69) is 5.10 Å². The minimum atomic E-state index is -1.66. The quantitative estimate of drug-likeness (QED) is 0.426. The molecule has 9 heteroatoms. The van der Waals surface area contributed by atoms with Crippen LogP contribution >= 0.6 is 0 Å². The molecule has 0 aliphatic heterocycles. The number of rotatable bonds is 6. The van der Waals surface area contributed by atoms with Gasteiger partial charge in [0.05, 0.1) is 19.3 Å². The molecule has 0 spiro atoms. The topological polar surface area (TPSA) is 64.4 Å². The number of esters is 1. The van der Waals surface area contributed by atoms with E-state index in [0.717, 1.165) is 29.0 Å². The molecule has 0 radical (unpaired) electrons. The van der Waals surface area contributed by atoms with Crippen molar-refractivity contribution in [2.45, 2.75) is 26.4 Å². The number of likely N-dealkylation sites (N-methyl/N-ethyl adjacent to an activating group) is 1. The number of carbonyl (C=O) groups excluding carboxylic acids is 2. The van der Waals surface area contributed by atoms with E-state index in [0.29, 0.717) is 18.7 Å². The van der Waals surface area contributed by atoms with Crippen molar-refractivity contribution in [3.8, 4) is 0 Å². The molecule has 32 heavy (non-hydrogen) atoms. The van der Waals surface area contributed by atoms with Crippen molar-refractivity contribution < 1.29 is 27.5 Å². The van der Waals surface area contributed by atoms with Gasteiger partial charge in [-0.1, -0.05) is 12.1 Å². The highest BCUT2D eigenvalue weighted by atomic mass is 19.2. The van der Waals surface area contributed by atoms with Gasteiger partial charge >= 0.3 is 5.97 Å². The van der Waals surface area contributed by atoms with Crippen LogP contribution in [0.4, 0.5) is 13.2 Å². The molecular weight excluding hydrogens is 423 g/mol. The molecule has 2 aromatic carbocycles. The Bertz CT molecular complexity index is 1150. The second kappa shape index (κ2) is 9.25. The molecular formula is C23H22F3N3O3. The summed E-state index contributed by atoms with van der Waals surface area (Å²) in [4.78, 5) is 26.5. The number of carbonyl (C=O) groups is 2. The maximum atomic E-state index is 13.8. The number of aromatic nitrogens is 2. The van der Waals surface area contributed by atoms with Gasteiger partial charge in [-0.3, -0.25) is 9.48 Å². The minimum Gasteiger partial charge on any atom is -0.467 e. The van der Waals surface area contributed by atoms with Crippen LogP contribution in [-0.2, 0) is 16.1 Å². The summed E-state index contributed by atoms with van der Waals surface area (Å²) in [5.74, 6) is -6.11. The predicted molar refractivity (Wildman–Crippen MR) is 110 cm³/mol. The molecule has 6 nitrogen and oxygen atoms in total. The van der Waals surface area contributed by atoms with Gasteiger partial charge in [-0.25, -0.2) is 18.0 Å². The number of nitrogens with zero attached hydrogens (tertiary/aromatic N) is 3. The minimum absolute atomic E-state index is 0.247. The first kappa shape index (κ1) is 23.1. The third kappa shape index (κ3) is 4.66. The molecule has 1 heterocycles. The van der Waals surface area contributed by atoms with Crippen LogP contribution in [0.15, 0.2) is 42.5 Å². The SMILES string of the molecule is COC(=O)[C@@H](c1cc(F)c(F)c(F)c1)N(C)C(=O)c1cccc(Cn2nc(C)cc2C)c1. The fourth-order valence-corrected chi connectivity index (χ4v) is 3.49. The number of hydrogen-bond acceptors (Lipinski definition) is 4. The van der Waals surface area contributed by atoms with Crippen molar-refractivity contribution in [2.75, 3.05) is 14.2 Å². The van der Waals surface area contributed by atoms with Crippen molar-refractivity contribution in [2.24, 2.45) is 0 Å². The highest BCUT2D eigenvalue weighted by Gasteiger charge is 2.32. The Morgan fingerprint density at radius 2 is 1.75 bits per heavy atom. The third-order valence-corrected chi connectivity index (χ3v) is 5.06. The predicted octanol–water partition coefficient (Wildman–Crippen LogP) is 3.95. The smallest absolute Gasteiger partial charge is 0.333 e. The molecule has 1 aromatic heterocycles. The average molecular weight is 445 g/mol. The molecule has 0 aliphatic rings. The van der Waals surface area contributed by atoms with Crippen LogP contribution in [0.25, 0.3) is 0 Å². The first-order chi connectivity index (χ1) is 15.1. The van der Waals surface area contributed by atoms with E-state index in [9.17, 15) is 22.8 Å². The van der Waals surface area contributed by atoms with Crippen LogP contribution in [-0.4, -0.2) is 40.7 Å². The van der Waals surface area contributed by atoms with Crippen LogP contribution in [0, 0.1) is 31.3 Å². The molecule has 0 aliphatic carbocycles. The number of amides is 1. The van der Waals surface area contributed by atoms with Crippen molar-refractivity contribution in [3.63, 3.8) is 0 Å². The largest absolute Gasteiger partial charge is 0.467 e. The molecule has 0 saturated carbocycles. The Morgan fingerprint density at radius 3 is 2.31 bits per heavy atom. The zero-order chi connectivity index (χ0) is 23.6. The Hall–Kier alpha value is -3.62. The summed E-state index contributed by atoms with van der Waals surface area (Å²) in [5.41, 5.74) is 2.63. The van der Waals surface area contributed by atoms with E-state index >= 15 is 0 Å². The summed E-state index contributed by atoms with van der Waals surface area (Å²) in [7, 11) is 2.38. The first-order valence-corrected chi connectivity index (χ1v) is 9.71. The van der Waals surface area contributed by atoms with Crippen LogP contribution in [0.2, 0.25) is 0 Å². The van der Waals surface area contributed by atoms with E-state index in [1.165, 1.54) is 7.05 Å². The maximum Gasteiger partial charge on any atom is 0.333 e. The summed E-state index contributed by atoms with van der Waals surface area (Å²) in [6.07, 6.45) is 0. The van der Waals surface area contributed by atoms with Crippen LogP contribution in [0.3, 0.4) is 0 Å². The first-order valence-electron chi connectivity index (χ1n) is 9.71. The monoisotopic (exact) mass is 445 g/mol. The summed E-state index contributed by atoms with van der Waals surface area (Å²) in [5, 5.41) is 4.40. The third-order valence-electron chi connectivity index (χ3n) is 5.06. The van der Waals surface area contributed by atoms with Crippen LogP contribution in [0.5, 0.6) is 0 Å². The van der Waals surface area contributed by atoms with Gasteiger partial charge in [0.2, 0.25) is 0 Å². The number of hydrogen-bond donors (Lipinski definition) is 0. The molecule has 0 unspecified atom stereocenters. The Balaban J connectivity index is 1.92. The lowest BCUT2D eigenvalue weighted by atomic mass is 10.0. The molecule has 0 N–H and O–H groups in total. The summed E-state index contributed by atoms with van der Waals surface area (Å²) >= 11 is 0. The molecule has 1 atom stereocenters. The van der Waals surface area contributed by atoms with Gasteiger partial charge in [-0.05, 0) is 55.3 Å². The van der Waals surface area contributed by atoms with E-state index in [4.69, 9.17) is 4.74 Å². The van der Waals surface area contributed by atoms with Crippen molar-refractivity contribution in [1.82, 2.24) is 14.7 Å². The lowest BCUT2D eigenvalue weighted by Crippen LogP contribution is -2.36. The second-order valence-electron chi connectivity index (χ2n) is 7.43. The molecule has 0 saturated heterocycles. The summed E-state index contributed by atoms with van der Waals surface area (Å²) in [6, 6.07) is 8.52. The van der Waals surface area contributed by atoms with Gasteiger partial charge in [-0.15, -0.1) is 0 Å². The molecule has 0 fully saturated rings. The van der Waals surface area contributed by atoms with Crippen molar-refractivity contribution in [3.05, 3.63) is 88.0 Å². The van der Waals surface area contributed by atoms with Gasteiger partial charge in [0.25, 0.3) is 5.91 Å². The van der Waals surface area contributed by atoms with E-state index < -0.39 is 35.4 Å². The van der Waals surface area contributed by atoms with Crippen molar-refractivity contribution >= 4 is 11.9 Å². The molecule has 1 amide bonds. The van der Waals surface area contributed by atoms with Gasteiger partial charge in [-0.2, -0.15) is 5.10 Å². The standard InChI is InChI=1S/C23H22F3N3O3/c1-13-8-14(2)29(27-13)12-15-6-5-7-16(9-15)22(30)28(3)21(23(31)32-4)17-10-18(24)20(26)19(25)11-17/h5-11,21H,12H2,1-4H3/t21-/m1/s1. The Morgan fingerprint density at radius 1 is 1.09 bits per heavy atom. The van der Waals surface area contributed by atoms with Crippen LogP contribution < -0.4 is 0 Å². The summed E-state index contributed by atoms with van der Waals surface area (Å²) < 4.78 is 47.4. The molecule has 0 bridgehead atoms. The number of halogens is 3. The number of methoxy groups -OCH3 is 1. The van der Waals surface area contributed by atoms with Crippen LogP contribution in [0.1, 0.15) is 38.9 Å². The van der Waals surface area contributed by atoms with E-state index in [1.807, 2.05) is 26.0 Å². The average Bonchev–Trinajstić information content (AvgIpc) is 3.07. The molecule has 3 rings (SSSR count). The number of ether oxygens (including phenoxy) is 1. The molecule has 168 valence electrons.